The maximum Gasteiger partial charge on any atom is 0.224 e. The number of nitrogens with one attached hydrogen (secondary N) is 2. The molecule has 2 N–H and O–H groups in total. The molecule has 1 aliphatic heterocycles. The summed E-state index contributed by atoms with van der Waals surface area (Å²) in [6.45, 7) is 2.67. The van der Waals surface area contributed by atoms with Crippen LogP contribution in [0.25, 0.3) is 0 Å². The number of hydrogen-bond acceptors (Lipinski definition) is 2. The van der Waals surface area contributed by atoms with Gasteiger partial charge in [-0.15, -0.1) is 12.4 Å². The molecule has 1 saturated heterocycles. The summed E-state index contributed by atoms with van der Waals surface area (Å²) in [6.07, 6.45) is 5.86. The van der Waals surface area contributed by atoms with Gasteiger partial charge < -0.3 is 10.6 Å². The van der Waals surface area contributed by atoms with Crippen molar-refractivity contribution in [3.63, 3.8) is 0 Å². The molecule has 3 rings (SSSR count). The van der Waals surface area contributed by atoms with E-state index >= 15 is 0 Å². The third kappa shape index (κ3) is 3.98. The molecule has 1 saturated carbocycles. The van der Waals surface area contributed by atoms with E-state index in [0.717, 1.165) is 32.5 Å². The molecule has 1 atom stereocenters. The first kappa shape index (κ1) is 16.3. The van der Waals surface area contributed by atoms with Gasteiger partial charge in [-0.25, -0.2) is 0 Å². The van der Waals surface area contributed by atoms with Gasteiger partial charge in [0.25, 0.3) is 0 Å². The fourth-order valence-corrected chi connectivity index (χ4v) is 3.42. The first-order valence-corrected chi connectivity index (χ1v) is 7.80. The Kier molecular flexibility index (Phi) is 5.65. The van der Waals surface area contributed by atoms with Crippen LogP contribution in [0.5, 0.6) is 0 Å². The molecular weight excluding hydrogens is 284 g/mol. The number of amides is 1. The van der Waals surface area contributed by atoms with Crippen LogP contribution >= 0.6 is 12.4 Å². The van der Waals surface area contributed by atoms with Crippen molar-refractivity contribution in [1.82, 2.24) is 10.6 Å². The summed E-state index contributed by atoms with van der Waals surface area (Å²) in [5, 5.41) is 6.47. The molecular formula is C17H25ClN2O. The second-order valence-electron chi connectivity index (χ2n) is 6.42. The minimum absolute atomic E-state index is 0. The van der Waals surface area contributed by atoms with Crippen molar-refractivity contribution in [3.8, 4) is 0 Å². The summed E-state index contributed by atoms with van der Waals surface area (Å²) >= 11 is 0. The molecule has 4 heteroatoms. The molecule has 2 aliphatic rings. The van der Waals surface area contributed by atoms with Crippen molar-refractivity contribution in [1.29, 1.82) is 0 Å². The lowest BCUT2D eigenvalue weighted by Gasteiger charge is -2.42. The number of rotatable bonds is 5. The summed E-state index contributed by atoms with van der Waals surface area (Å²) in [5.74, 6) is 0.429. The molecule has 3 nitrogen and oxygen atoms in total. The quantitative estimate of drug-likeness (QED) is 0.878. The summed E-state index contributed by atoms with van der Waals surface area (Å²) in [6, 6.07) is 10.7. The Bertz CT molecular complexity index is 453. The molecule has 1 aliphatic carbocycles. The number of halogens is 1. The van der Waals surface area contributed by atoms with Gasteiger partial charge in [0.2, 0.25) is 5.91 Å². The van der Waals surface area contributed by atoms with Crippen molar-refractivity contribution in [2.45, 2.75) is 32.1 Å². The molecule has 21 heavy (non-hydrogen) atoms. The molecule has 2 fully saturated rings. The summed E-state index contributed by atoms with van der Waals surface area (Å²) in [4.78, 5) is 12.1. The highest BCUT2D eigenvalue weighted by atomic mass is 35.5. The van der Waals surface area contributed by atoms with Crippen LogP contribution in [0.2, 0.25) is 0 Å². The van der Waals surface area contributed by atoms with E-state index in [9.17, 15) is 4.79 Å². The van der Waals surface area contributed by atoms with Crippen LogP contribution < -0.4 is 10.6 Å². The Hall–Kier alpha value is -1.06. The predicted octanol–water partition coefficient (Wildman–Crippen LogP) is 2.55. The second kappa shape index (κ2) is 7.28. The maximum atomic E-state index is 12.1. The zero-order valence-corrected chi connectivity index (χ0v) is 13.3. The van der Waals surface area contributed by atoms with Gasteiger partial charge in [0.05, 0.1) is 5.92 Å². The van der Waals surface area contributed by atoms with Gasteiger partial charge in [0.15, 0.2) is 0 Å². The number of carbonyl (C=O) groups is 1. The van der Waals surface area contributed by atoms with E-state index in [2.05, 4.69) is 41.0 Å². The Labute approximate surface area is 133 Å². The van der Waals surface area contributed by atoms with Crippen molar-refractivity contribution >= 4 is 18.3 Å². The predicted molar refractivity (Wildman–Crippen MR) is 87.7 cm³/mol. The topological polar surface area (TPSA) is 41.1 Å². The van der Waals surface area contributed by atoms with Crippen LogP contribution in [0.4, 0.5) is 0 Å². The largest absolute Gasteiger partial charge is 0.355 e. The van der Waals surface area contributed by atoms with E-state index in [1.165, 1.54) is 24.8 Å². The fraction of sp³-hybridized carbons (Fsp3) is 0.588. The minimum atomic E-state index is 0. The SMILES string of the molecule is Cl.O=C(NCC1(Cc2ccccc2)CCC1)C1CCNC1. The lowest BCUT2D eigenvalue weighted by molar-refractivity contribution is -0.125. The van der Waals surface area contributed by atoms with Crippen LogP contribution in [0, 0.1) is 11.3 Å². The Morgan fingerprint density at radius 3 is 2.62 bits per heavy atom. The fourth-order valence-electron chi connectivity index (χ4n) is 3.42. The molecule has 0 aromatic heterocycles. The van der Waals surface area contributed by atoms with E-state index in [4.69, 9.17) is 0 Å². The minimum Gasteiger partial charge on any atom is -0.355 e. The number of carbonyl (C=O) groups excluding carboxylic acids is 1. The Balaban J connectivity index is 0.00000161. The van der Waals surface area contributed by atoms with Crippen molar-refractivity contribution in [2.24, 2.45) is 11.3 Å². The first-order chi connectivity index (χ1) is 9.77. The van der Waals surface area contributed by atoms with Gasteiger partial charge in [-0.3, -0.25) is 4.79 Å². The smallest absolute Gasteiger partial charge is 0.224 e. The molecule has 1 aromatic rings. The van der Waals surface area contributed by atoms with Gasteiger partial charge in [-0.1, -0.05) is 36.8 Å². The lowest BCUT2D eigenvalue weighted by atomic mass is 9.65. The van der Waals surface area contributed by atoms with Crippen molar-refractivity contribution < 1.29 is 4.79 Å². The molecule has 1 amide bonds. The van der Waals surface area contributed by atoms with Gasteiger partial charge in [0, 0.05) is 13.1 Å². The zero-order valence-electron chi connectivity index (χ0n) is 12.4. The highest BCUT2D eigenvalue weighted by molar-refractivity contribution is 5.85. The monoisotopic (exact) mass is 308 g/mol. The summed E-state index contributed by atoms with van der Waals surface area (Å²) < 4.78 is 0. The Morgan fingerprint density at radius 1 is 1.29 bits per heavy atom. The van der Waals surface area contributed by atoms with E-state index in [1.807, 2.05) is 0 Å². The van der Waals surface area contributed by atoms with E-state index < -0.39 is 0 Å². The summed E-state index contributed by atoms with van der Waals surface area (Å²) in [7, 11) is 0. The van der Waals surface area contributed by atoms with Crippen molar-refractivity contribution in [3.05, 3.63) is 35.9 Å². The lowest BCUT2D eigenvalue weighted by Crippen LogP contribution is -2.45. The van der Waals surface area contributed by atoms with Gasteiger partial charge >= 0.3 is 0 Å². The standard InChI is InChI=1S/C17H24N2O.ClH/c20-16(15-7-10-18-12-15)19-13-17(8-4-9-17)11-14-5-2-1-3-6-14;/h1-3,5-6,15,18H,4,7-13H2,(H,19,20);1H. The molecule has 1 heterocycles. The van der Waals surface area contributed by atoms with Crippen LogP contribution in [0.15, 0.2) is 30.3 Å². The highest BCUT2D eigenvalue weighted by Crippen LogP contribution is 2.43. The van der Waals surface area contributed by atoms with Gasteiger partial charge in [0.1, 0.15) is 0 Å². The van der Waals surface area contributed by atoms with Crippen molar-refractivity contribution in [2.75, 3.05) is 19.6 Å². The number of benzene rings is 1. The zero-order chi connectivity index (χ0) is 13.8. The maximum absolute atomic E-state index is 12.1. The average molecular weight is 309 g/mol. The van der Waals surface area contributed by atoms with Crippen LogP contribution in [0.3, 0.4) is 0 Å². The molecule has 116 valence electrons. The molecule has 1 aromatic carbocycles. The number of hydrogen-bond donors (Lipinski definition) is 2. The molecule has 1 unspecified atom stereocenters. The van der Waals surface area contributed by atoms with Crippen LogP contribution in [-0.4, -0.2) is 25.5 Å². The van der Waals surface area contributed by atoms with Crippen LogP contribution in [-0.2, 0) is 11.2 Å². The third-order valence-corrected chi connectivity index (χ3v) is 4.90. The summed E-state index contributed by atoms with van der Waals surface area (Å²) in [5.41, 5.74) is 1.70. The van der Waals surface area contributed by atoms with Gasteiger partial charge in [-0.2, -0.15) is 0 Å². The molecule has 0 bridgehead atoms. The average Bonchev–Trinajstić information content (AvgIpc) is 2.96. The van der Waals surface area contributed by atoms with E-state index in [1.54, 1.807) is 0 Å². The van der Waals surface area contributed by atoms with E-state index in [0.29, 0.717) is 5.41 Å². The first-order valence-electron chi connectivity index (χ1n) is 7.80. The van der Waals surface area contributed by atoms with E-state index in [-0.39, 0.29) is 24.2 Å². The van der Waals surface area contributed by atoms with Crippen LogP contribution in [0.1, 0.15) is 31.2 Å². The second-order valence-corrected chi connectivity index (χ2v) is 6.42. The highest BCUT2D eigenvalue weighted by Gasteiger charge is 2.37. The molecule has 0 spiro atoms. The normalized spacial score (nSPS) is 23.0. The van der Waals surface area contributed by atoms with Gasteiger partial charge in [-0.05, 0) is 43.2 Å². The third-order valence-electron chi connectivity index (χ3n) is 4.90. The Morgan fingerprint density at radius 2 is 2.05 bits per heavy atom. The molecule has 0 radical (unpaired) electrons.